The maximum absolute atomic E-state index is 9.09. The standard InChI is InChI=1S/C29H28NOSi/c1-19-14-15-24-23-12-8-11-22(21-10-7-9-20-17-32(3,4)18-25(20)21)28(23)31-29(24)27(19)26-13-5-6-16-30(26)2/h5-16H,17-18H2,1-4H3/q+1/i17D2,18D2. The molecule has 0 amide bonds. The van der Waals surface area contributed by atoms with E-state index in [9.17, 15) is 0 Å². The number of pyridine rings is 1. The highest BCUT2D eigenvalue weighted by molar-refractivity contribution is 6.77. The summed E-state index contributed by atoms with van der Waals surface area (Å²) in [5.74, 6) is -3.40. The molecule has 32 heavy (non-hydrogen) atoms. The van der Waals surface area contributed by atoms with Gasteiger partial charge in [-0.05, 0) is 47.2 Å². The van der Waals surface area contributed by atoms with E-state index in [2.05, 4.69) is 29.7 Å². The molecule has 3 heterocycles. The minimum absolute atomic E-state index is 0.475. The summed E-state index contributed by atoms with van der Waals surface area (Å²) >= 11 is 0. The third-order valence-corrected chi connectivity index (χ3v) is 8.19. The molecule has 2 nitrogen and oxygen atoms in total. The van der Waals surface area contributed by atoms with Crippen LogP contribution in [0.25, 0.3) is 44.3 Å². The van der Waals surface area contributed by atoms with Gasteiger partial charge in [0.25, 0.3) is 0 Å². The average molecular weight is 439 g/mol. The van der Waals surface area contributed by atoms with Crippen molar-refractivity contribution in [2.24, 2.45) is 7.05 Å². The predicted octanol–water partition coefficient (Wildman–Crippen LogP) is 6.94. The maximum atomic E-state index is 9.09. The van der Waals surface area contributed by atoms with Gasteiger partial charge in [-0.15, -0.1) is 0 Å². The molecular weight excluding hydrogens is 406 g/mol. The zero-order valence-corrected chi connectivity index (χ0v) is 19.8. The molecule has 0 saturated heterocycles. The van der Waals surface area contributed by atoms with Crippen molar-refractivity contribution in [1.29, 1.82) is 0 Å². The van der Waals surface area contributed by atoms with Crippen molar-refractivity contribution in [2.45, 2.75) is 32.0 Å². The number of furan rings is 1. The third-order valence-electron chi connectivity index (χ3n) is 6.43. The molecule has 1 aliphatic rings. The predicted molar refractivity (Wildman–Crippen MR) is 135 cm³/mol. The van der Waals surface area contributed by atoms with E-state index in [-0.39, 0.29) is 0 Å². The Morgan fingerprint density at radius 2 is 1.62 bits per heavy atom. The van der Waals surface area contributed by atoms with Gasteiger partial charge in [-0.2, -0.15) is 0 Å². The van der Waals surface area contributed by atoms with Crippen LogP contribution in [0.4, 0.5) is 0 Å². The van der Waals surface area contributed by atoms with E-state index in [4.69, 9.17) is 9.90 Å². The summed E-state index contributed by atoms with van der Waals surface area (Å²) < 4.78 is 44.7. The quantitative estimate of drug-likeness (QED) is 0.215. The molecule has 5 aromatic rings. The lowest BCUT2D eigenvalue weighted by molar-refractivity contribution is -0.660. The van der Waals surface area contributed by atoms with Gasteiger partial charge in [-0.1, -0.05) is 61.6 Å². The highest BCUT2D eigenvalue weighted by Gasteiger charge is 2.32. The van der Waals surface area contributed by atoms with Gasteiger partial charge in [-0.25, -0.2) is 4.57 Å². The van der Waals surface area contributed by atoms with Gasteiger partial charge >= 0.3 is 0 Å². The second-order valence-electron chi connectivity index (χ2n) is 9.22. The minimum Gasteiger partial charge on any atom is -0.454 e. The molecule has 0 N–H and O–H groups in total. The highest BCUT2D eigenvalue weighted by Crippen LogP contribution is 2.43. The van der Waals surface area contributed by atoms with Crippen LogP contribution in [0.15, 0.2) is 77.3 Å². The minimum atomic E-state index is -3.00. The summed E-state index contributed by atoms with van der Waals surface area (Å²) in [6.07, 6.45) is 2.02. The van der Waals surface area contributed by atoms with Crippen molar-refractivity contribution in [2.75, 3.05) is 0 Å². The number of nitrogens with zero attached hydrogens (tertiary/aromatic N) is 1. The maximum Gasteiger partial charge on any atom is 0.216 e. The monoisotopic (exact) mass is 438 g/mol. The van der Waals surface area contributed by atoms with Crippen LogP contribution in [0.1, 0.15) is 22.2 Å². The van der Waals surface area contributed by atoms with Gasteiger partial charge in [-0.3, -0.25) is 0 Å². The number of rotatable bonds is 2. The van der Waals surface area contributed by atoms with Gasteiger partial charge < -0.3 is 4.42 Å². The van der Waals surface area contributed by atoms with Gasteiger partial charge in [0.05, 0.1) is 13.6 Å². The van der Waals surface area contributed by atoms with Crippen LogP contribution in [-0.4, -0.2) is 8.07 Å². The highest BCUT2D eigenvalue weighted by atomic mass is 28.3. The van der Waals surface area contributed by atoms with Crippen molar-refractivity contribution in [3.63, 3.8) is 0 Å². The molecule has 0 aliphatic carbocycles. The molecule has 0 saturated carbocycles. The Morgan fingerprint density at radius 1 is 0.844 bits per heavy atom. The second-order valence-corrected chi connectivity index (χ2v) is 13.0. The van der Waals surface area contributed by atoms with E-state index in [0.717, 1.165) is 38.7 Å². The molecule has 1 aliphatic heterocycles. The molecule has 0 spiro atoms. The second kappa shape index (κ2) is 6.91. The van der Waals surface area contributed by atoms with Gasteiger partial charge in [0.2, 0.25) is 5.69 Å². The van der Waals surface area contributed by atoms with Crippen LogP contribution >= 0.6 is 0 Å². The van der Waals surface area contributed by atoms with E-state index in [0.29, 0.717) is 22.3 Å². The van der Waals surface area contributed by atoms with Crippen LogP contribution in [-0.2, 0) is 19.0 Å². The van der Waals surface area contributed by atoms with Gasteiger partial charge in [0.15, 0.2) is 6.20 Å². The van der Waals surface area contributed by atoms with Gasteiger partial charge in [0.1, 0.15) is 18.2 Å². The number of aromatic nitrogens is 1. The number of para-hydroxylation sites is 1. The van der Waals surface area contributed by atoms with Crippen LogP contribution in [0.3, 0.4) is 0 Å². The first-order valence-electron chi connectivity index (χ1n) is 13.0. The molecule has 0 unspecified atom stereocenters. The number of fused-ring (bicyclic) bond motifs is 4. The Hall–Kier alpha value is -3.17. The van der Waals surface area contributed by atoms with E-state index in [1.165, 1.54) is 0 Å². The summed E-state index contributed by atoms with van der Waals surface area (Å²) in [5.41, 5.74) is 7.18. The molecule has 0 atom stereocenters. The zero-order chi connectivity index (χ0) is 25.6. The van der Waals surface area contributed by atoms with E-state index >= 15 is 0 Å². The molecule has 3 aromatic carbocycles. The summed E-state index contributed by atoms with van der Waals surface area (Å²) in [5, 5.41) is 1.98. The Bertz CT molecular complexity index is 1700. The lowest BCUT2D eigenvalue weighted by Gasteiger charge is -2.13. The smallest absolute Gasteiger partial charge is 0.216 e. The molecule has 3 heteroatoms. The first-order valence-corrected chi connectivity index (χ1v) is 14.0. The molecule has 0 radical (unpaired) electrons. The molecule has 0 bridgehead atoms. The summed E-state index contributed by atoms with van der Waals surface area (Å²) in [6, 6.07) is 21.8. The number of benzene rings is 3. The van der Waals surface area contributed by atoms with E-state index in [1.807, 2.05) is 68.8 Å². The molecular formula is C29H28NOSi+. The lowest BCUT2D eigenvalue weighted by atomic mass is 9.95. The fraction of sp³-hybridized carbons (Fsp3) is 0.207. The first-order chi connectivity index (χ1) is 17.0. The Balaban J connectivity index is 1.70. The lowest BCUT2D eigenvalue weighted by Crippen LogP contribution is -2.30. The average Bonchev–Trinajstić information content (AvgIpc) is 3.26. The van der Waals surface area contributed by atoms with Crippen LogP contribution in [0.2, 0.25) is 13.1 Å². The van der Waals surface area contributed by atoms with Crippen molar-refractivity contribution in [3.8, 4) is 22.4 Å². The Labute approximate surface area is 195 Å². The zero-order valence-electron chi connectivity index (χ0n) is 22.8. The van der Waals surface area contributed by atoms with E-state index in [1.54, 1.807) is 6.07 Å². The molecule has 2 aromatic heterocycles. The van der Waals surface area contributed by atoms with Crippen molar-refractivity contribution in [3.05, 3.63) is 89.6 Å². The number of hydrogen-bond donors (Lipinski definition) is 0. The number of aryl methyl sites for hydroxylation is 2. The Kier molecular flexibility index (Phi) is 3.37. The molecule has 0 fully saturated rings. The largest absolute Gasteiger partial charge is 0.454 e. The fourth-order valence-corrected chi connectivity index (χ4v) is 6.81. The Morgan fingerprint density at radius 3 is 2.47 bits per heavy atom. The van der Waals surface area contributed by atoms with Crippen molar-refractivity contribution < 1.29 is 14.5 Å². The van der Waals surface area contributed by atoms with Crippen molar-refractivity contribution in [1.82, 2.24) is 0 Å². The summed E-state index contributed by atoms with van der Waals surface area (Å²) in [7, 11) is -0.973. The molecule has 158 valence electrons. The summed E-state index contributed by atoms with van der Waals surface area (Å²) in [6.45, 7) is 5.71. The van der Waals surface area contributed by atoms with Crippen LogP contribution in [0, 0.1) is 6.92 Å². The SMILES string of the molecule is [2H]C1([2H])c2cccc(-c3cccc4c3oc3c(-c5cccc[n+]5C)c(C)ccc34)c2C([2H])([2H])[Si]1(C)C. The van der Waals surface area contributed by atoms with Crippen LogP contribution < -0.4 is 4.57 Å². The van der Waals surface area contributed by atoms with Crippen LogP contribution in [0.5, 0.6) is 0 Å². The fourth-order valence-electron chi connectivity index (χ4n) is 4.97. The summed E-state index contributed by atoms with van der Waals surface area (Å²) in [4.78, 5) is 0. The topological polar surface area (TPSA) is 17.0 Å². The van der Waals surface area contributed by atoms with E-state index < -0.39 is 20.1 Å². The number of hydrogen-bond acceptors (Lipinski definition) is 1. The van der Waals surface area contributed by atoms with Crippen molar-refractivity contribution >= 4 is 30.0 Å². The van der Waals surface area contributed by atoms with Gasteiger partial charge in [0, 0.05) is 34.0 Å². The third kappa shape index (κ3) is 2.88. The first kappa shape index (κ1) is 15.6. The normalized spacial score (nSPS) is 19.9. The molecule has 6 rings (SSSR count).